The summed E-state index contributed by atoms with van der Waals surface area (Å²) in [4.78, 5) is 58.0. The molecule has 2 fully saturated rings. The SMILES string of the molecule is O=C(CC1=Nc2nnc(-c3nnc4n3C(=O)C(CC(=O)C3CC3)=N4)n2C1=O)C1CC1. The molecule has 12 heteroatoms. The van der Waals surface area contributed by atoms with Gasteiger partial charge in [0.15, 0.2) is 0 Å². The minimum atomic E-state index is -0.521. The summed E-state index contributed by atoms with van der Waals surface area (Å²) in [5.74, 6) is -1.01. The summed E-state index contributed by atoms with van der Waals surface area (Å²) in [5, 5.41) is 15.6. The van der Waals surface area contributed by atoms with E-state index in [-0.39, 0.29) is 71.2 Å². The van der Waals surface area contributed by atoms with Gasteiger partial charge < -0.3 is 0 Å². The second-order valence-electron chi connectivity index (χ2n) is 7.88. The largest absolute Gasteiger partial charge is 0.299 e. The van der Waals surface area contributed by atoms with Crippen molar-refractivity contribution in [2.75, 3.05) is 0 Å². The van der Waals surface area contributed by atoms with Crippen LogP contribution in [0.1, 0.15) is 48.1 Å². The lowest BCUT2D eigenvalue weighted by Crippen LogP contribution is -2.24. The van der Waals surface area contributed by atoms with Crippen LogP contribution in [0.5, 0.6) is 0 Å². The highest BCUT2D eigenvalue weighted by Crippen LogP contribution is 2.34. The number of aromatic nitrogens is 6. The number of aliphatic imine (C=N–C) groups is 2. The van der Waals surface area contributed by atoms with Crippen LogP contribution in [0.25, 0.3) is 11.6 Å². The number of hydrogen-bond donors (Lipinski definition) is 0. The van der Waals surface area contributed by atoms with Crippen molar-refractivity contribution in [3.63, 3.8) is 0 Å². The predicted octanol–water partition coefficient (Wildman–Crippen LogP) is 0.728. The second-order valence-corrected chi connectivity index (χ2v) is 7.88. The predicted molar refractivity (Wildman–Crippen MR) is 99.2 cm³/mol. The summed E-state index contributed by atoms with van der Waals surface area (Å²) < 4.78 is 2.24. The van der Waals surface area contributed by atoms with E-state index in [1.807, 2.05) is 0 Å². The Hall–Kier alpha value is -3.70. The van der Waals surface area contributed by atoms with E-state index in [4.69, 9.17) is 0 Å². The molecule has 0 radical (unpaired) electrons. The molecule has 0 amide bonds. The van der Waals surface area contributed by atoms with Crippen LogP contribution in [0, 0.1) is 11.8 Å². The summed E-state index contributed by atoms with van der Waals surface area (Å²) in [6.45, 7) is 0. The molecule has 0 aromatic carbocycles. The van der Waals surface area contributed by atoms with E-state index in [1.165, 1.54) is 0 Å². The molecule has 0 spiro atoms. The fraction of sp³-hybridized carbons (Fsp3) is 0.444. The molecule has 2 aromatic heterocycles. The number of Topliss-reactive ketones (excluding diaryl/α,β-unsaturated/α-hetero) is 2. The quantitative estimate of drug-likeness (QED) is 0.652. The van der Waals surface area contributed by atoms with Gasteiger partial charge in [0.2, 0.25) is 11.6 Å². The molecule has 30 heavy (non-hydrogen) atoms. The Morgan fingerprint density at radius 1 is 0.700 bits per heavy atom. The number of nitrogens with zero attached hydrogens (tertiary/aromatic N) is 8. The van der Waals surface area contributed by atoms with E-state index < -0.39 is 11.8 Å². The third-order valence-corrected chi connectivity index (χ3v) is 5.61. The standard InChI is InChI=1S/C18H14N8O4/c27-11(7-1-2-7)5-9-15(29)25-13(21-23-17(25)19-9)14-22-24-18-20-10(16(30)26(14)18)6-12(28)8-3-4-8/h7-8H,1-6H2. The average Bonchev–Trinajstić information content (AvgIpc) is 3.62. The number of carbonyl (C=O) groups excluding carboxylic acids is 4. The Labute approximate surface area is 168 Å². The topological polar surface area (TPSA) is 154 Å². The van der Waals surface area contributed by atoms with E-state index in [2.05, 4.69) is 30.4 Å². The molecule has 2 saturated carbocycles. The molecule has 0 bridgehead atoms. The first-order valence-electron chi connectivity index (χ1n) is 9.72. The molecule has 4 aliphatic rings. The lowest BCUT2D eigenvalue weighted by molar-refractivity contribution is -0.119. The van der Waals surface area contributed by atoms with Crippen molar-refractivity contribution >= 4 is 46.7 Å². The molecule has 12 nitrogen and oxygen atoms in total. The van der Waals surface area contributed by atoms with Gasteiger partial charge in [0.25, 0.3) is 23.7 Å². The van der Waals surface area contributed by atoms with Gasteiger partial charge in [-0.05, 0) is 25.7 Å². The van der Waals surface area contributed by atoms with Gasteiger partial charge in [0, 0.05) is 11.8 Å². The maximum Gasteiger partial charge on any atom is 0.281 e. The van der Waals surface area contributed by atoms with Crippen molar-refractivity contribution in [1.82, 2.24) is 29.5 Å². The molecule has 0 saturated heterocycles. The van der Waals surface area contributed by atoms with Gasteiger partial charge in [-0.2, -0.15) is 0 Å². The molecule has 0 atom stereocenters. The monoisotopic (exact) mass is 406 g/mol. The Morgan fingerprint density at radius 3 is 1.47 bits per heavy atom. The maximum absolute atomic E-state index is 12.8. The molecule has 150 valence electrons. The first kappa shape index (κ1) is 17.2. The zero-order valence-corrected chi connectivity index (χ0v) is 15.6. The van der Waals surface area contributed by atoms with Gasteiger partial charge in [0.1, 0.15) is 23.0 Å². The minimum absolute atomic E-state index is 0.00955. The van der Waals surface area contributed by atoms with Crippen LogP contribution in [-0.2, 0) is 9.59 Å². The first-order valence-corrected chi connectivity index (χ1v) is 9.72. The lowest BCUT2D eigenvalue weighted by atomic mass is 10.1. The Balaban J connectivity index is 1.28. The van der Waals surface area contributed by atoms with Crippen molar-refractivity contribution in [3.8, 4) is 11.6 Å². The molecule has 2 aromatic rings. The fourth-order valence-electron chi connectivity index (χ4n) is 3.62. The molecule has 2 aliphatic heterocycles. The van der Waals surface area contributed by atoms with Crippen LogP contribution in [0.3, 0.4) is 0 Å². The van der Waals surface area contributed by atoms with Crippen molar-refractivity contribution in [1.29, 1.82) is 0 Å². The molecule has 0 N–H and O–H groups in total. The van der Waals surface area contributed by atoms with E-state index in [1.54, 1.807) is 0 Å². The van der Waals surface area contributed by atoms with Crippen LogP contribution in [0.15, 0.2) is 9.98 Å². The number of rotatable bonds is 7. The average molecular weight is 406 g/mol. The Kier molecular flexibility index (Phi) is 3.38. The first-order chi connectivity index (χ1) is 14.5. The third-order valence-electron chi connectivity index (χ3n) is 5.61. The molecule has 6 rings (SSSR count). The number of hydrogen-bond acceptors (Lipinski definition) is 10. The molecular weight excluding hydrogens is 392 g/mol. The maximum atomic E-state index is 12.8. The normalized spacial score (nSPS) is 19.6. The van der Waals surface area contributed by atoms with Crippen LogP contribution < -0.4 is 0 Å². The van der Waals surface area contributed by atoms with Crippen molar-refractivity contribution in [2.24, 2.45) is 21.8 Å². The highest BCUT2D eigenvalue weighted by molar-refractivity contribution is 6.46. The molecule has 0 unspecified atom stereocenters. The van der Waals surface area contributed by atoms with Crippen LogP contribution >= 0.6 is 0 Å². The van der Waals surface area contributed by atoms with Crippen LogP contribution in [-0.4, -0.2) is 64.3 Å². The highest BCUT2D eigenvalue weighted by atomic mass is 16.2. The summed E-state index contributed by atoms with van der Waals surface area (Å²) in [6, 6.07) is 0. The zero-order valence-electron chi connectivity index (χ0n) is 15.6. The number of fused-ring (bicyclic) bond motifs is 2. The van der Waals surface area contributed by atoms with E-state index >= 15 is 0 Å². The summed E-state index contributed by atoms with van der Waals surface area (Å²) in [5.41, 5.74) is 0.190. The Morgan fingerprint density at radius 2 is 1.10 bits per heavy atom. The number of carbonyl (C=O) groups is 4. The molecule has 2 aliphatic carbocycles. The smallest absolute Gasteiger partial charge is 0.281 e. The van der Waals surface area contributed by atoms with E-state index in [0.717, 1.165) is 34.8 Å². The van der Waals surface area contributed by atoms with E-state index in [0.29, 0.717) is 0 Å². The highest BCUT2D eigenvalue weighted by Gasteiger charge is 2.39. The number of ketones is 2. The lowest BCUT2D eigenvalue weighted by Gasteiger charge is -2.03. The molecular formula is C18H14N8O4. The van der Waals surface area contributed by atoms with Crippen LogP contribution in [0.4, 0.5) is 11.9 Å². The van der Waals surface area contributed by atoms with Crippen molar-refractivity contribution < 1.29 is 19.2 Å². The summed E-state index contributed by atoms with van der Waals surface area (Å²) >= 11 is 0. The third kappa shape index (κ3) is 2.52. The second kappa shape index (κ2) is 5.90. The summed E-state index contributed by atoms with van der Waals surface area (Å²) in [6.07, 6.45) is 3.27. The Bertz CT molecular complexity index is 1140. The van der Waals surface area contributed by atoms with Crippen LogP contribution in [0.2, 0.25) is 0 Å². The van der Waals surface area contributed by atoms with Gasteiger partial charge in [-0.15, -0.1) is 20.4 Å². The minimum Gasteiger partial charge on any atom is -0.299 e. The van der Waals surface area contributed by atoms with Gasteiger partial charge in [-0.3, -0.25) is 19.2 Å². The van der Waals surface area contributed by atoms with Gasteiger partial charge in [-0.1, -0.05) is 0 Å². The van der Waals surface area contributed by atoms with E-state index in [9.17, 15) is 19.2 Å². The van der Waals surface area contributed by atoms with Crippen molar-refractivity contribution in [2.45, 2.75) is 38.5 Å². The summed E-state index contributed by atoms with van der Waals surface area (Å²) in [7, 11) is 0. The van der Waals surface area contributed by atoms with Crippen molar-refractivity contribution in [3.05, 3.63) is 0 Å². The van der Waals surface area contributed by atoms with Gasteiger partial charge in [0.05, 0.1) is 12.8 Å². The fourth-order valence-corrected chi connectivity index (χ4v) is 3.62. The zero-order chi connectivity index (χ0) is 20.6. The van der Waals surface area contributed by atoms with Gasteiger partial charge >= 0.3 is 0 Å². The molecule has 4 heterocycles. The van der Waals surface area contributed by atoms with Gasteiger partial charge in [-0.25, -0.2) is 19.1 Å².